The van der Waals surface area contributed by atoms with Gasteiger partial charge in [-0.3, -0.25) is 4.79 Å². The maximum atomic E-state index is 12.5. The molecule has 1 atom stereocenters. The zero-order valence-electron chi connectivity index (χ0n) is 13.5. The number of methoxy groups -OCH3 is 2. The highest BCUT2D eigenvalue weighted by Crippen LogP contribution is 2.30. The minimum absolute atomic E-state index is 0.0827. The van der Waals surface area contributed by atoms with Crippen LogP contribution in [0.25, 0.3) is 0 Å². The molecule has 0 aliphatic carbocycles. The summed E-state index contributed by atoms with van der Waals surface area (Å²) in [7, 11) is 3.14. The molecule has 6 nitrogen and oxygen atoms in total. The van der Waals surface area contributed by atoms with E-state index in [1.807, 2.05) is 13.8 Å². The number of carbonyl (C=O) groups is 1. The first-order valence-electron chi connectivity index (χ1n) is 7.06. The number of aryl methyl sites for hydroxylation is 1. The third kappa shape index (κ3) is 4.84. The molecule has 0 spiro atoms. The second kappa shape index (κ2) is 8.16. The first-order valence-corrected chi connectivity index (χ1v) is 8.76. The molecule has 0 saturated heterocycles. The number of aromatic nitrogens is 2. The van der Waals surface area contributed by atoms with Crippen molar-refractivity contribution in [3.63, 3.8) is 0 Å². The second-order valence-corrected chi connectivity index (χ2v) is 7.32. The van der Waals surface area contributed by atoms with Gasteiger partial charge in [-0.25, -0.2) is 0 Å². The summed E-state index contributed by atoms with van der Waals surface area (Å²) in [4.78, 5) is 12.5. The van der Waals surface area contributed by atoms with E-state index in [2.05, 4.69) is 15.5 Å². The highest BCUT2D eigenvalue weighted by Gasteiger charge is 2.20. The van der Waals surface area contributed by atoms with E-state index in [1.165, 1.54) is 23.1 Å². The Balaban J connectivity index is 2.09. The third-order valence-electron chi connectivity index (χ3n) is 3.03. The van der Waals surface area contributed by atoms with Crippen molar-refractivity contribution in [3.8, 4) is 11.5 Å². The van der Waals surface area contributed by atoms with Crippen LogP contribution in [0.3, 0.4) is 0 Å². The molecule has 1 amide bonds. The fourth-order valence-corrected chi connectivity index (χ4v) is 3.86. The van der Waals surface area contributed by atoms with Gasteiger partial charge in [0.2, 0.25) is 5.91 Å². The van der Waals surface area contributed by atoms with Crippen LogP contribution in [0.1, 0.15) is 18.4 Å². The smallest absolute Gasteiger partial charge is 0.237 e. The van der Waals surface area contributed by atoms with Crippen LogP contribution in [-0.2, 0) is 4.79 Å². The molecule has 0 fully saturated rings. The lowest BCUT2D eigenvalue weighted by atomic mass is 10.2. The number of hydrogen-bond donors (Lipinski definition) is 1. The van der Waals surface area contributed by atoms with E-state index in [-0.39, 0.29) is 11.2 Å². The molecule has 2 rings (SSSR count). The molecule has 1 heterocycles. The zero-order chi connectivity index (χ0) is 16.8. The van der Waals surface area contributed by atoms with Gasteiger partial charge in [-0.05, 0) is 13.3 Å². The van der Waals surface area contributed by atoms with Gasteiger partial charge >= 0.3 is 0 Å². The van der Waals surface area contributed by atoms with E-state index in [0.29, 0.717) is 23.6 Å². The normalized spacial score (nSPS) is 11.8. The number of carbonyl (C=O) groups excluding carboxylic acids is 1. The summed E-state index contributed by atoms with van der Waals surface area (Å²) < 4.78 is 11.2. The van der Waals surface area contributed by atoms with Crippen molar-refractivity contribution < 1.29 is 14.3 Å². The van der Waals surface area contributed by atoms with Gasteiger partial charge in [-0.15, -0.1) is 10.2 Å². The van der Waals surface area contributed by atoms with Crippen molar-refractivity contribution in [2.75, 3.05) is 19.5 Å². The minimum Gasteiger partial charge on any atom is -0.497 e. The summed E-state index contributed by atoms with van der Waals surface area (Å²) in [5.41, 5.74) is 0.638. The summed E-state index contributed by atoms with van der Waals surface area (Å²) >= 11 is 2.92. The SMILES string of the molecule is CCC(Sc1nnc(C)s1)C(=O)Nc1cc(OC)cc(OC)c1. The van der Waals surface area contributed by atoms with Gasteiger partial charge in [0.05, 0.1) is 19.5 Å². The van der Waals surface area contributed by atoms with Gasteiger partial charge in [0.25, 0.3) is 0 Å². The maximum Gasteiger partial charge on any atom is 0.237 e. The van der Waals surface area contributed by atoms with Crippen LogP contribution in [0.15, 0.2) is 22.5 Å². The fourth-order valence-electron chi connectivity index (χ4n) is 1.87. The number of ether oxygens (including phenoxy) is 2. The van der Waals surface area contributed by atoms with Crippen molar-refractivity contribution in [1.82, 2.24) is 10.2 Å². The van der Waals surface area contributed by atoms with Crippen molar-refractivity contribution in [1.29, 1.82) is 0 Å². The van der Waals surface area contributed by atoms with Crippen LogP contribution in [-0.4, -0.2) is 35.6 Å². The summed E-state index contributed by atoms with van der Waals surface area (Å²) in [6.45, 7) is 3.86. The monoisotopic (exact) mass is 353 g/mol. The summed E-state index contributed by atoms with van der Waals surface area (Å²) in [6.07, 6.45) is 0.691. The minimum atomic E-state index is -0.237. The van der Waals surface area contributed by atoms with E-state index in [1.54, 1.807) is 32.4 Å². The largest absolute Gasteiger partial charge is 0.497 e. The maximum absolute atomic E-state index is 12.5. The Hall–Kier alpha value is -1.80. The lowest BCUT2D eigenvalue weighted by Gasteiger charge is -2.14. The number of nitrogens with zero attached hydrogens (tertiary/aromatic N) is 2. The van der Waals surface area contributed by atoms with Gasteiger partial charge in [-0.1, -0.05) is 30.0 Å². The molecule has 1 unspecified atom stereocenters. The molecular formula is C15H19N3O3S2. The molecule has 0 radical (unpaired) electrons. The number of benzene rings is 1. The molecule has 1 aromatic carbocycles. The van der Waals surface area contributed by atoms with E-state index >= 15 is 0 Å². The highest BCUT2D eigenvalue weighted by atomic mass is 32.2. The first kappa shape index (κ1) is 17.6. The summed E-state index contributed by atoms with van der Waals surface area (Å²) in [6, 6.07) is 5.27. The average Bonchev–Trinajstić information content (AvgIpc) is 2.97. The molecule has 0 aliphatic rings. The lowest BCUT2D eigenvalue weighted by Crippen LogP contribution is -2.24. The first-order chi connectivity index (χ1) is 11.0. The summed E-state index contributed by atoms with van der Waals surface area (Å²) in [5.74, 6) is 1.17. The molecule has 124 valence electrons. The zero-order valence-corrected chi connectivity index (χ0v) is 15.1. The number of rotatable bonds is 7. The Kier molecular flexibility index (Phi) is 6.23. The van der Waals surface area contributed by atoms with Gasteiger partial charge in [0.1, 0.15) is 16.5 Å². The molecule has 0 bridgehead atoms. The summed E-state index contributed by atoms with van der Waals surface area (Å²) in [5, 5.41) is 11.6. The van der Waals surface area contributed by atoms with E-state index in [4.69, 9.17) is 9.47 Å². The number of thioether (sulfide) groups is 1. The van der Waals surface area contributed by atoms with Gasteiger partial charge in [0.15, 0.2) is 4.34 Å². The van der Waals surface area contributed by atoms with Crippen molar-refractivity contribution in [2.24, 2.45) is 0 Å². The molecule has 23 heavy (non-hydrogen) atoms. The number of hydrogen-bond acceptors (Lipinski definition) is 7. The van der Waals surface area contributed by atoms with Crippen molar-refractivity contribution >= 4 is 34.7 Å². The molecular weight excluding hydrogens is 334 g/mol. The lowest BCUT2D eigenvalue weighted by molar-refractivity contribution is -0.115. The fraction of sp³-hybridized carbons (Fsp3) is 0.400. The Bertz CT molecular complexity index is 653. The van der Waals surface area contributed by atoms with Crippen LogP contribution in [0.5, 0.6) is 11.5 Å². The average molecular weight is 353 g/mol. The van der Waals surface area contributed by atoms with Crippen LogP contribution in [0.4, 0.5) is 5.69 Å². The molecule has 8 heteroatoms. The van der Waals surface area contributed by atoms with E-state index < -0.39 is 0 Å². The standard InChI is InChI=1S/C15H19N3O3S2/c1-5-13(23-15-18-17-9(2)22-15)14(19)16-10-6-11(20-3)8-12(7-10)21-4/h6-8,13H,5H2,1-4H3,(H,16,19). The van der Waals surface area contributed by atoms with Crippen molar-refractivity contribution in [3.05, 3.63) is 23.2 Å². The third-order valence-corrected chi connectivity index (χ3v) is 5.32. The van der Waals surface area contributed by atoms with E-state index in [9.17, 15) is 4.79 Å². The molecule has 1 N–H and O–H groups in total. The highest BCUT2D eigenvalue weighted by molar-refractivity contribution is 8.02. The van der Waals surface area contributed by atoms with Crippen LogP contribution in [0, 0.1) is 6.92 Å². The van der Waals surface area contributed by atoms with Crippen LogP contribution >= 0.6 is 23.1 Å². The Morgan fingerprint density at radius 2 is 1.91 bits per heavy atom. The number of nitrogens with one attached hydrogen (secondary N) is 1. The number of anilines is 1. The second-order valence-electron chi connectivity index (χ2n) is 4.69. The van der Waals surface area contributed by atoms with Gasteiger partial charge in [-0.2, -0.15) is 0 Å². The quantitative estimate of drug-likeness (QED) is 0.769. The molecule has 1 aromatic heterocycles. The Morgan fingerprint density at radius 3 is 2.39 bits per heavy atom. The number of amides is 1. The van der Waals surface area contributed by atoms with Crippen LogP contribution < -0.4 is 14.8 Å². The van der Waals surface area contributed by atoms with E-state index in [0.717, 1.165) is 9.35 Å². The Morgan fingerprint density at radius 1 is 1.26 bits per heavy atom. The Labute approximate surface area is 143 Å². The van der Waals surface area contributed by atoms with Crippen molar-refractivity contribution in [2.45, 2.75) is 29.9 Å². The predicted octanol–water partition coefficient (Wildman–Crippen LogP) is 3.37. The van der Waals surface area contributed by atoms with Gasteiger partial charge < -0.3 is 14.8 Å². The molecule has 0 aliphatic heterocycles. The van der Waals surface area contributed by atoms with Crippen LogP contribution in [0.2, 0.25) is 0 Å². The molecule has 0 saturated carbocycles. The predicted molar refractivity (Wildman–Crippen MR) is 92.8 cm³/mol. The molecule has 2 aromatic rings. The topological polar surface area (TPSA) is 73.3 Å². The van der Waals surface area contributed by atoms with Gasteiger partial charge in [0, 0.05) is 23.9 Å².